The van der Waals surface area contributed by atoms with Crippen LogP contribution in [0.5, 0.6) is 0 Å². The van der Waals surface area contributed by atoms with E-state index in [0.717, 1.165) is 25.9 Å². The van der Waals surface area contributed by atoms with Gasteiger partial charge in [-0.3, -0.25) is 9.59 Å². The Morgan fingerprint density at radius 2 is 1.68 bits per heavy atom. The van der Waals surface area contributed by atoms with Gasteiger partial charge in [0.1, 0.15) is 5.82 Å². The molecule has 2 aliphatic rings. The molecule has 0 saturated carbocycles. The van der Waals surface area contributed by atoms with Crippen LogP contribution >= 0.6 is 0 Å². The lowest BCUT2D eigenvalue weighted by molar-refractivity contribution is -0.127. The van der Waals surface area contributed by atoms with Crippen molar-refractivity contribution >= 4 is 11.8 Å². The molecule has 2 aromatic carbocycles. The fraction of sp³-hybridized carbons (Fsp3) is 0.391. The monoisotopic (exact) mass is 380 g/mol. The molecule has 146 valence electrons. The molecule has 0 unspecified atom stereocenters. The van der Waals surface area contributed by atoms with Crippen molar-refractivity contribution in [3.05, 3.63) is 59.9 Å². The molecule has 28 heavy (non-hydrogen) atoms. The number of hydrogen-bond donors (Lipinski definition) is 0. The van der Waals surface area contributed by atoms with E-state index in [0.29, 0.717) is 36.2 Å². The van der Waals surface area contributed by atoms with Gasteiger partial charge < -0.3 is 9.80 Å². The van der Waals surface area contributed by atoms with Crippen molar-refractivity contribution in [1.29, 1.82) is 0 Å². The molecule has 0 bridgehead atoms. The maximum absolute atomic E-state index is 14.3. The van der Waals surface area contributed by atoms with E-state index in [-0.39, 0.29) is 23.0 Å². The summed E-state index contributed by atoms with van der Waals surface area (Å²) in [6.45, 7) is 4.83. The van der Waals surface area contributed by atoms with Gasteiger partial charge in [0.05, 0.1) is 0 Å². The highest BCUT2D eigenvalue weighted by molar-refractivity contribution is 6.01. The van der Waals surface area contributed by atoms with Crippen LogP contribution in [-0.2, 0) is 4.79 Å². The maximum Gasteiger partial charge on any atom is 0.254 e. The molecule has 0 atom stereocenters. The number of benzene rings is 2. The molecule has 0 aliphatic carbocycles. The molecular weight excluding hydrogens is 355 g/mol. The van der Waals surface area contributed by atoms with Crippen molar-refractivity contribution in [2.75, 3.05) is 26.2 Å². The number of piperidine rings is 1. The Bertz CT molecular complexity index is 903. The first-order chi connectivity index (χ1) is 13.5. The molecule has 0 aromatic heterocycles. The van der Waals surface area contributed by atoms with Crippen LogP contribution in [0.15, 0.2) is 48.5 Å². The molecule has 2 heterocycles. The Kier molecular flexibility index (Phi) is 4.92. The second kappa shape index (κ2) is 7.38. The van der Waals surface area contributed by atoms with Crippen molar-refractivity contribution in [3.8, 4) is 11.1 Å². The molecule has 2 aliphatic heterocycles. The molecule has 1 spiro atoms. The average Bonchev–Trinajstić information content (AvgIpc) is 3.03. The summed E-state index contributed by atoms with van der Waals surface area (Å²) in [5.41, 5.74) is 1.61. The molecule has 2 aromatic rings. The predicted octanol–water partition coefficient (Wildman–Crippen LogP) is 3.97. The summed E-state index contributed by atoms with van der Waals surface area (Å²) in [7, 11) is 0. The van der Waals surface area contributed by atoms with Gasteiger partial charge >= 0.3 is 0 Å². The van der Waals surface area contributed by atoms with E-state index in [4.69, 9.17) is 0 Å². The van der Waals surface area contributed by atoms with Gasteiger partial charge in [-0.1, -0.05) is 36.4 Å². The quantitative estimate of drug-likeness (QED) is 0.809. The van der Waals surface area contributed by atoms with Crippen LogP contribution in [0.25, 0.3) is 11.1 Å². The molecule has 4 rings (SSSR count). The lowest BCUT2D eigenvalue weighted by Gasteiger charge is -2.39. The zero-order valence-electron chi connectivity index (χ0n) is 16.2. The maximum atomic E-state index is 14.3. The Morgan fingerprint density at radius 3 is 2.32 bits per heavy atom. The Labute approximate surface area is 164 Å². The van der Waals surface area contributed by atoms with Gasteiger partial charge in [0.15, 0.2) is 0 Å². The molecular formula is C23H25FN2O2. The molecule has 2 saturated heterocycles. The van der Waals surface area contributed by atoms with Gasteiger partial charge in [0, 0.05) is 49.1 Å². The third kappa shape index (κ3) is 3.30. The van der Waals surface area contributed by atoms with Crippen molar-refractivity contribution in [2.24, 2.45) is 5.41 Å². The fourth-order valence-electron chi connectivity index (χ4n) is 4.54. The molecule has 0 N–H and O–H groups in total. The van der Waals surface area contributed by atoms with Gasteiger partial charge in [-0.2, -0.15) is 0 Å². The van der Waals surface area contributed by atoms with Gasteiger partial charge in [-0.15, -0.1) is 0 Å². The van der Waals surface area contributed by atoms with E-state index >= 15 is 0 Å². The van der Waals surface area contributed by atoms with Crippen LogP contribution in [0, 0.1) is 11.2 Å². The number of likely N-dealkylation sites (tertiary alicyclic amines) is 2. The lowest BCUT2D eigenvalue weighted by atomic mass is 9.77. The van der Waals surface area contributed by atoms with Crippen LogP contribution in [0.3, 0.4) is 0 Å². The minimum absolute atomic E-state index is 0.00886. The summed E-state index contributed by atoms with van der Waals surface area (Å²) in [6.07, 6.45) is 2.26. The lowest BCUT2D eigenvalue weighted by Crippen LogP contribution is -2.44. The fourth-order valence-corrected chi connectivity index (χ4v) is 4.54. The number of halogens is 1. The molecule has 2 fully saturated rings. The van der Waals surface area contributed by atoms with Crippen molar-refractivity contribution in [3.63, 3.8) is 0 Å². The zero-order valence-corrected chi connectivity index (χ0v) is 16.2. The Balaban J connectivity index is 1.53. The highest BCUT2D eigenvalue weighted by Crippen LogP contribution is 2.41. The van der Waals surface area contributed by atoms with Crippen molar-refractivity contribution in [2.45, 2.75) is 26.2 Å². The standard InChI is InChI=1S/C23H25FN2O2/c1-2-25-16-23(15-21(25)27)11-13-26(14-12-23)22(28)19-9-4-3-7-17(19)18-8-5-6-10-20(18)24/h3-10H,2,11-16H2,1H3. The number of carbonyl (C=O) groups is 2. The third-order valence-corrected chi connectivity index (χ3v) is 6.22. The predicted molar refractivity (Wildman–Crippen MR) is 106 cm³/mol. The Morgan fingerprint density at radius 1 is 1.04 bits per heavy atom. The minimum Gasteiger partial charge on any atom is -0.342 e. The van der Waals surface area contributed by atoms with E-state index in [9.17, 15) is 14.0 Å². The van der Waals surface area contributed by atoms with E-state index in [2.05, 4.69) is 0 Å². The molecule has 4 nitrogen and oxygen atoms in total. The molecule has 5 heteroatoms. The van der Waals surface area contributed by atoms with E-state index in [1.165, 1.54) is 6.07 Å². The van der Waals surface area contributed by atoms with Gasteiger partial charge in [0.2, 0.25) is 5.91 Å². The van der Waals surface area contributed by atoms with Crippen LogP contribution in [0.4, 0.5) is 4.39 Å². The smallest absolute Gasteiger partial charge is 0.254 e. The summed E-state index contributed by atoms with van der Waals surface area (Å²) >= 11 is 0. The second-order valence-corrected chi connectivity index (χ2v) is 7.90. The second-order valence-electron chi connectivity index (χ2n) is 7.90. The topological polar surface area (TPSA) is 40.6 Å². The first kappa shape index (κ1) is 18.7. The first-order valence-corrected chi connectivity index (χ1v) is 9.94. The van der Waals surface area contributed by atoms with Crippen LogP contribution in [0.1, 0.15) is 36.5 Å². The number of nitrogens with zero attached hydrogens (tertiary/aromatic N) is 2. The van der Waals surface area contributed by atoms with Crippen LogP contribution in [0.2, 0.25) is 0 Å². The van der Waals surface area contributed by atoms with Crippen molar-refractivity contribution < 1.29 is 14.0 Å². The van der Waals surface area contributed by atoms with Crippen LogP contribution in [-0.4, -0.2) is 47.8 Å². The van der Waals surface area contributed by atoms with E-state index in [1.54, 1.807) is 30.3 Å². The summed E-state index contributed by atoms with van der Waals surface area (Å²) in [5.74, 6) is -0.165. The van der Waals surface area contributed by atoms with Crippen molar-refractivity contribution in [1.82, 2.24) is 9.80 Å². The number of rotatable bonds is 3. The summed E-state index contributed by atoms with van der Waals surface area (Å²) in [4.78, 5) is 29.2. The summed E-state index contributed by atoms with van der Waals surface area (Å²) < 4.78 is 14.3. The largest absolute Gasteiger partial charge is 0.342 e. The molecule has 0 radical (unpaired) electrons. The number of amides is 2. The zero-order chi connectivity index (χ0) is 19.7. The van der Waals surface area contributed by atoms with E-state index in [1.807, 2.05) is 28.9 Å². The number of hydrogen-bond acceptors (Lipinski definition) is 2. The summed E-state index contributed by atoms with van der Waals surface area (Å²) in [5, 5.41) is 0. The first-order valence-electron chi connectivity index (χ1n) is 9.94. The highest BCUT2D eigenvalue weighted by Gasteiger charge is 2.45. The highest BCUT2D eigenvalue weighted by atomic mass is 19.1. The summed E-state index contributed by atoms with van der Waals surface area (Å²) in [6, 6.07) is 13.8. The van der Waals surface area contributed by atoms with E-state index < -0.39 is 0 Å². The normalized spacial score (nSPS) is 18.7. The van der Waals surface area contributed by atoms with Gasteiger partial charge in [0.25, 0.3) is 5.91 Å². The SMILES string of the molecule is CCN1CC2(CCN(C(=O)c3ccccc3-c3ccccc3F)CC2)CC1=O. The van der Waals surface area contributed by atoms with Gasteiger partial charge in [-0.05, 0) is 37.5 Å². The minimum atomic E-state index is -0.329. The van der Waals surface area contributed by atoms with Crippen LogP contribution < -0.4 is 0 Å². The molecule has 2 amide bonds. The average molecular weight is 380 g/mol. The third-order valence-electron chi connectivity index (χ3n) is 6.22. The number of carbonyl (C=O) groups excluding carboxylic acids is 2. The Hall–Kier alpha value is -2.69. The van der Waals surface area contributed by atoms with Gasteiger partial charge in [-0.25, -0.2) is 4.39 Å².